The molecule has 0 spiro atoms. The zero-order chi connectivity index (χ0) is 7.68. The molecule has 2 rings (SSSR count). The Morgan fingerprint density at radius 2 is 2.18 bits per heavy atom. The number of hydrogen-bond donors (Lipinski definition) is 1. The molecule has 0 aliphatic rings. The molecule has 4 heteroatoms. The lowest BCUT2D eigenvalue weighted by Crippen LogP contribution is -1.92. The number of hydrogen-bond acceptors (Lipinski definition) is 4. The fourth-order valence-electron chi connectivity index (χ4n) is 0.928. The predicted molar refractivity (Wildman–Crippen MR) is 41.7 cm³/mol. The van der Waals surface area contributed by atoms with Gasteiger partial charge < -0.3 is 5.73 Å². The minimum atomic E-state index is 0.498. The van der Waals surface area contributed by atoms with Crippen molar-refractivity contribution in [2.24, 2.45) is 0 Å². The van der Waals surface area contributed by atoms with Crippen LogP contribution in [0.5, 0.6) is 0 Å². The Morgan fingerprint density at radius 3 is 3.00 bits per heavy atom. The van der Waals surface area contributed by atoms with Crippen molar-refractivity contribution < 1.29 is 0 Å². The molecule has 0 saturated heterocycles. The number of rotatable bonds is 0. The highest BCUT2D eigenvalue weighted by atomic mass is 14.9. The summed E-state index contributed by atoms with van der Waals surface area (Å²) in [5, 5.41) is 0.850. The Hall–Kier alpha value is -1.71. The third-order valence-corrected chi connectivity index (χ3v) is 1.47. The fraction of sp³-hybridized carbons (Fsp3) is 0. The van der Waals surface area contributed by atoms with E-state index >= 15 is 0 Å². The molecule has 2 heterocycles. The summed E-state index contributed by atoms with van der Waals surface area (Å²) in [6, 6.07) is 1.80. The van der Waals surface area contributed by atoms with Crippen LogP contribution in [0.25, 0.3) is 10.9 Å². The molecule has 0 bridgehead atoms. The average molecular weight is 146 g/mol. The van der Waals surface area contributed by atoms with E-state index in [-0.39, 0.29) is 0 Å². The van der Waals surface area contributed by atoms with Crippen molar-refractivity contribution in [2.75, 3.05) is 5.73 Å². The zero-order valence-electron chi connectivity index (χ0n) is 5.73. The summed E-state index contributed by atoms with van der Waals surface area (Å²) in [5.41, 5.74) is 6.36. The number of pyridine rings is 1. The predicted octanol–water partition coefficient (Wildman–Crippen LogP) is 0.607. The lowest BCUT2D eigenvalue weighted by Gasteiger charge is -1.96. The number of nitrogens with two attached hydrogens (primary N) is 1. The molecule has 0 unspecified atom stereocenters. The van der Waals surface area contributed by atoms with E-state index < -0.39 is 0 Å². The van der Waals surface area contributed by atoms with Gasteiger partial charge in [0.1, 0.15) is 12.1 Å². The van der Waals surface area contributed by atoms with Crippen LogP contribution in [0.2, 0.25) is 0 Å². The maximum absolute atomic E-state index is 5.58. The van der Waals surface area contributed by atoms with Crippen LogP contribution in [0.15, 0.2) is 24.8 Å². The van der Waals surface area contributed by atoms with Gasteiger partial charge in [-0.05, 0) is 6.07 Å². The van der Waals surface area contributed by atoms with E-state index in [4.69, 9.17) is 5.73 Å². The Balaban J connectivity index is 2.91. The van der Waals surface area contributed by atoms with Crippen molar-refractivity contribution in [3.63, 3.8) is 0 Å². The lowest BCUT2D eigenvalue weighted by atomic mass is 10.3. The van der Waals surface area contributed by atoms with Gasteiger partial charge in [-0.3, -0.25) is 4.98 Å². The van der Waals surface area contributed by atoms with Gasteiger partial charge in [-0.15, -0.1) is 0 Å². The van der Waals surface area contributed by atoms with Gasteiger partial charge in [-0.25, -0.2) is 9.97 Å². The Labute approximate surface area is 63.1 Å². The summed E-state index contributed by atoms with van der Waals surface area (Å²) in [7, 11) is 0. The molecule has 0 aromatic carbocycles. The molecule has 54 valence electrons. The lowest BCUT2D eigenvalue weighted by molar-refractivity contribution is 1.21. The SMILES string of the molecule is Nc1ncnc2cnccc12. The molecule has 0 atom stereocenters. The van der Waals surface area contributed by atoms with Gasteiger partial charge in [-0.1, -0.05) is 0 Å². The second-order valence-corrected chi connectivity index (χ2v) is 2.15. The van der Waals surface area contributed by atoms with E-state index in [1.54, 1.807) is 18.5 Å². The van der Waals surface area contributed by atoms with E-state index in [0.29, 0.717) is 5.82 Å². The zero-order valence-corrected chi connectivity index (χ0v) is 5.73. The van der Waals surface area contributed by atoms with Gasteiger partial charge in [0, 0.05) is 11.6 Å². The Morgan fingerprint density at radius 1 is 1.27 bits per heavy atom. The average Bonchev–Trinajstić information content (AvgIpc) is 2.06. The molecule has 0 saturated carbocycles. The van der Waals surface area contributed by atoms with Crippen LogP contribution in [0, 0.1) is 0 Å². The molecule has 2 aromatic rings. The van der Waals surface area contributed by atoms with Gasteiger partial charge in [0.2, 0.25) is 0 Å². The number of nitrogen functional groups attached to an aromatic ring is 1. The molecule has 4 nitrogen and oxygen atoms in total. The van der Waals surface area contributed by atoms with Crippen molar-refractivity contribution in [3.05, 3.63) is 24.8 Å². The third-order valence-electron chi connectivity index (χ3n) is 1.47. The Kier molecular flexibility index (Phi) is 1.18. The fourth-order valence-corrected chi connectivity index (χ4v) is 0.928. The molecule has 11 heavy (non-hydrogen) atoms. The highest BCUT2D eigenvalue weighted by molar-refractivity contribution is 5.86. The first-order chi connectivity index (χ1) is 5.38. The van der Waals surface area contributed by atoms with Gasteiger partial charge in [0.15, 0.2) is 0 Å². The standard InChI is InChI=1S/C7H6N4/c8-7-5-1-2-9-3-6(5)10-4-11-7/h1-4H,(H2,8,10,11). The normalized spacial score (nSPS) is 10.2. The van der Waals surface area contributed by atoms with Crippen molar-refractivity contribution in [3.8, 4) is 0 Å². The quantitative estimate of drug-likeness (QED) is 0.591. The molecule has 0 radical (unpaired) electrons. The Bertz CT molecular complexity index is 380. The van der Waals surface area contributed by atoms with E-state index in [2.05, 4.69) is 15.0 Å². The number of fused-ring (bicyclic) bond motifs is 1. The van der Waals surface area contributed by atoms with Gasteiger partial charge >= 0.3 is 0 Å². The molecular formula is C7H6N4. The largest absolute Gasteiger partial charge is 0.383 e. The first-order valence-corrected chi connectivity index (χ1v) is 3.18. The van der Waals surface area contributed by atoms with Crippen LogP contribution in [0.3, 0.4) is 0 Å². The van der Waals surface area contributed by atoms with Crippen LogP contribution in [0.4, 0.5) is 5.82 Å². The van der Waals surface area contributed by atoms with Crippen molar-refractivity contribution in [2.45, 2.75) is 0 Å². The van der Waals surface area contributed by atoms with Crippen molar-refractivity contribution >= 4 is 16.7 Å². The van der Waals surface area contributed by atoms with Crippen LogP contribution < -0.4 is 5.73 Å². The first-order valence-electron chi connectivity index (χ1n) is 3.18. The van der Waals surface area contributed by atoms with Crippen LogP contribution in [-0.2, 0) is 0 Å². The first kappa shape index (κ1) is 6.03. The van der Waals surface area contributed by atoms with Crippen molar-refractivity contribution in [1.29, 1.82) is 0 Å². The molecule has 0 amide bonds. The summed E-state index contributed by atoms with van der Waals surface area (Å²) in [6.07, 6.45) is 4.76. The molecule has 0 aliphatic heterocycles. The summed E-state index contributed by atoms with van der Waals surface area (Å²) >= 11 is 0. The highest BCUT2D eigenvalue weighted by Crippen LogP contribution is 2.12. The van der Waals surface area contributed by atoms with Gasteiger partial charge in [-0.2, -0.15) is 0 Å². The smallest absolute Gasteiger partial charge is 0.134 e. The van der Waals surface area contributed by atoms with Crippen LogP contribution >= 0.6 is 0 Å². The van der Waals surface area contributed by atoms with Crippen molar-refractivity contribution in [1.82, 2.24) is 15.0 Å². The van der Waals surface area contributed by atoms with E-state index in [0.717, 1.165) is 10.9 Å². The maximum atomic E-state index is 5.58. The summed E-state index contributed by atoms with van der Waals surface area (Å²) in [6.45, 7) is 0. The van der Waals surface area contributed by atoms with E-state index in [9.17, 15) is 0 Å². The second kappa shape index (κ2) is 2.16. The minimum absolute atomic E-state index is 0.498. The molecule has 0 fully saturated rings. The third kappa shape index (κ3) is 0.881. The molecule has 2 N–H and O–H groups in total. The minimum Gasteiger partial charge on any atom is -0.383 e. The number of anilines is 1. The summed E-state index contributed by atoms with van der Waals surface area (Å²) in [4.78, 5) is 11.7. The summed E-state index contributed by atoms with van der Waals surface area (Å²) < 4.78 is 0. The van der Waals surface area contributed by atoms with E-state index in [1.807, 2.05) is 0 Å². The monoisotopic (exact) mass is 146 g/mol. The molecule has 0 aliphatic carbocycles. The molecule has 2 aromatic heterocycles. The van der Waals surface area contributed by atoms with Crippen LogP contribution in [-0.4, -0.2) is 15.0 Å². The number of nitrogens with zero attached hydrogens (tertiary/aromatic N) is 3. The van der Waals surface area contributed by atoms with E-state index in [1.165, 1.54) is 6.33 Å². The maximum Gasteiger partial charge on any atom is 0.134 e. The number of aromatic nitrogens is 3. The highest BCUT2D eigenvalue weighted by Gasteiger charge is 1.96. The topological polar surface area (TPSA) is 64.7 Å². The second-order valence-electron chi connectivity index (χ2n) is 2.15. The van der Waals surface area contributed by atoms with Gasteiger partial charge in [0.05, 0.1) is 11.7 Å². The van der Waals surface area contributed by atoms with Crippen LogP contribution in [0.1, 0.15) is 0 Å². The summed E-state index contributed by atoms with van der Waals surface area (Å²) in [5.74, 6) is 0.498. The molecular weight excluding hydrogens is 140 g/mol. The van der Waals surface area contributed by atoms with Gasteiger partial charge in [0.25, 0.3) is 0 Å².